The monoisotopic (exact) mass is 505 g/mol. The molecule has 9 heteroatoms. The Balaban J connectivity index is 2.29. The average Bonchev–Trinajstić information content (AvgIpc) is 2.69. The second kappa shape index (κ2) is 11.4. The van der Waals surface area contributed by atoms with E-state index >= 15 is 0 Å². The van der Waals surface area contributed by atoms with Crippen molar-refractivity contribution >= 4 is 56.5 Å². The van der Waals surface area contributed by atoms with Gasteiger partial charge in [0.25, 0.3) is 10.0 Å². The van der Waals surface area contributed by atoms with Crippen molar-refractivity contribution in [3.05, 3.63) is 57.5 Å². The number of esters is 1. The van der Waals surface area contributed by atoms with Crippen LogP contribution in [0.2, 0.25) is 15.1 Å². The summed E-state index contributed by atoms with van der Waals surface area (Å²) in [7, 11) is -3.97. The number of sulfonamides is 1. The number of hydrogen-bond donors (Lipinski definition) is 0. The minimum absolute atomic E-state index is 0.0798. The zero-order valence-corrected chi connectivity index (χ0v) is 20.7. The van der Waals surface area contributed by atoms with Crippen LogP contribution >= 0.6 is 34.8 Å². The van der Waals surface area contributed by atoms with Crippen molar-refractivity contribution < 1.29 is 17.9 Å². The summed E-state index contributed by atoms with van der Waals surface area (Å²) in [5, 5.41) is 1.05. The molecule has 2 aromatic carbocycles. The van der Waals surface area contributed by atoms with Gasteiger partial charge >= 0.3 is 5.97 Å². The number of anilines is 1. The predicted octanol–water partition coefficient (Wildman–Crippen LogP) is 6.60. The molecule has 0 aliphatic rings. The van der Waals surface area contributed by atoms with E-state index in [1.807, 2.05) is 13.8 Å². The van der Waals surface area contributed by atoms with Gasteiger partial charge in [-0.1, -0.05) is 48.7 Å². The maximum absolute atomic E-state index is 13.5. The lowest BCUT2D eigenvalue weighted by atomic mass is 10.1. The molecule has 0 spiro atoms. The summed E-state index contributed by atoms with van der Waals surface area (Å²) < 4.78 is 33.5. The molecular formula is C22H26Cl3NO4S. The number of benzene rings is 2. The van der Waals surface area contributed by atoms with Crippen LogP contribution in [-0.4, -0.2) is 27.0 Å². The number of ether oxygens (including phenoxy) is 1. The van der Waals surface area contributed by atoms with Crippen molar-refractivity contribution in [2.45, 2.75) is 51.0 Å². The molecule has 0 aromatic heterocycles. The lowest BCUT2D eigenvalue weighted by Gasteiger charge is -2.31. The molecule has 0 aliphatic carbocycles. The summed E-state index contributed by atoms with van der Waals surface area (Å²) in [5.41, 5.74) is 0.277. The van der Waals surface area contributed by atoms with Crippen LogP contribution in [0.5, 0.6) is 0 Å². The topological polar surface area (TPSA) is 63.7 Å². The Kier molecular flexibility index (Phi) is 9.49. The average molecular weight is 507 g/mol. The molecule has 0 saturated heterocycles. The van der Waals surface area contributed by atoms with Crippen LogP contribution in [0.25, 0.3) is 0 Å². The van der Waals surface area contributed by atoms with E-state index in [0.29, 0.717) is 29.5 Å². The minimum Gasteiger partial charge on any atom is -0.465 e. The summed E-state index contributed by atoms with van der Waals surface area (Å²) in [6, 6.07) is 10.1. The number of hydrogen-bond acceptors (Lipinski definition) is 4. The van der Waals surface area contributed by atoms with E-state index in [1.54, 1.807) is 19.1 Å². The van der Waals surface area contributed by atoms with Crippen molar-refractivity contribution in [1.82, 2.24) is 0 Å². The smallest absolute Gasteiger partial charge is 0.305 e. The first-order valence-corrected chi connectivity index (χ1v) is 12.5. The predicted molar refractivity (Wildman–Crippen MR) is 127 cm³/mol. The molecule has 0 aliphatic heterocycles. The van der Waals surface area contributed by atoms with Crippen LogP contribution in [0.3, 0.4) is 0 Å². The Bertz CT molecular complexity index is 994. The van der Waals surface area contributed by atoms with Crippen LogP contribution in [-0.2, 0) is 19.6 Å². The third kappa shape index (κ3) is 7.28. The number of halogens is 3. The van der Waals surface area contributed by atoms with Crippen LogP contribution in [0.1, 0.15) is 40.0 Å². The van der Waals surface area contributed by atoms with Gasteiger partial charge in [0.2, 0.25) is 0 Å². The van der Waals surface area contributed by atoms with Crippen molar-refractivity contribution in [3.63, 3.8) is 0 Å². The van der Waals surface area contributed by atoms with Gasteiger partial charge in [-0.2, -0.15) is 0 Å². The molecule has 0 amide bonds. The highest BCUT2D eigenvalue weighted by Gasteiger charge is 2.31. The van der Waals surface area contributed by atoms with Crippen molar-refractivity contribution in [1.29, 1.82) is 0 Å². The van der Waals surface area contributed by atoms with Crippen LogP contribution in [0.15, 0.2) is 47.4 Å². The lowest BCUT2D eigenvalue weighted by Crippen LogP contribution is -2.39. The summed E-state index contributed by atoms with van der Waals surface area (Å²) in [4.78, 5) is 12.0. The van der Waals surface area contributed by atoms with Gasteiger partial charge in [-0.25, -0.2) is 8.42 Å². The molecule has 0 radical (unpaired) electrons. The number of nitrogens with zero attached hydrogens (tertiary/aromatic N) is 1. The Hall–Kier alpha value is -1.47. The number of rotatable bonds is 10. The molecule has 0 fully saturated rings. The van der Waals surface area contributed by atoms with E-state index in [2.05, 4.69) is 0 Å². The second-order valence-electron chi connectivity index (χ2n) is 7.67. The van der Waals surface area contributed by atoms with Gasteiger partial charge in [0.05, 0.1) is 22.2 Å². The number of carbonyl (C=O) groups is 1. The van der Waals surface area contributed by atoms with Gasteiger partial charge in [0.15, 0.2) is 0 Å². The van der Waals surface area contributed by atoms with E-state index in [-0.39, 0.29) is 33.9 Å². The Morgan fingerprint density at radius 2 is 1.61 bits per heavy atom. The van der Waals surface area contributed by atoms with E-state index in [4.69, 9.17) is 39.5 Å². The number of carbonyl (C=O) groups excluding carboxylic acids is 1. The first kappa shape index (κ1) is 25.8. The highest BCUT2D eigenvalue weighted by Crippen LogP contribution is 2.35. The molecule has 31 heavy (non-hydrogen) atoms. The van der Waals surface area contributed by atoms with Gasteiger partial charge < -0.3 is 4.74 Å². The van der Waals surface area contributed by atoms with E-state index in [9.17, 15) is 13.2 Å². The van der Waals surface area contributed by atoms with Crippen molar-refractivity contribution in [3.8, 4) is 0 Å². The Morgan fingerprint density at radius 1 is 1.00 bits per heavy atom. The molecule has 1 atom stereocenters. The lowest BCUT2D eigenvalue weighted by molar-refractivity contribution is -0.144. The summed E-state index contributed by atoms with van der Waals surface area (Å²) in [6.07, 6.45) is 1.09. The summed E-state index contributed by atoms with van der Waals surface area (Å²) in [5.74, 6) is -0.0401. The van der Waals surface area contributed by atoms with Crippen LogP contribution in [0.4, 0.5) is 5.69 Å². The molecular weight excluding hydrogens is 481 g/mol. The molecule has 0 N–H and O–H groups in total. The third-order valence-electron chi connectivity index (χ3n) is 4.50. The van der Waals surface area contributed by atoms with Crippen LogP contribution in [0, 0.1) is 5.92 Å². The zero-order valence-electron chi connectivity index (χ0n) is 17.6. The van der Waals surface area contributed by atoms with E-state index in [0.717, 1.165) is 0 Å². The molecule has 0 unspecified atom stereocenters. The fourth-order valence-electron chi connectivity index (χ4n) is 2.97. The standard InChI is InChI=1S/C22H26Cl3NO4S/c1-15(2)14-30-22(27)6-4-5-16(3)26(21-13-18(24)9-12-20(21)25)31(28,29)19-10-7-17(23)8-11-19/h7-13,15-16H,4-6,14H2,1-3H3/t16-/m1/s1. The molecule has 5 nitrogen and oxygen atoms in total. The molecule has 170 valence electrons. The van der Waals surface area contributed by atoms with Gasteiger partial charge in [-0.15, -0.1) is 0 Å². The van der Waals surface area contributed by atoms with Crippen molar-refractivity contribution in [2.75, 3.05) is 10.9 Å². The summed E-state index contributed by atoms with van der Waals surface area (Å²) >= 11 is 18.4. The first-order valence-electron chi connectivity index (χ1n) is 9.93. The van der Waals surface area contributed by atoms with E-state index in [1.165, 1.54) is 34.6 Å². The van der Waals surface area contributed by atoms with Gasteiger partial charge in [-0.05, 0) is 68.1 Å². The Morgan fingerprint density at radius 3 is 2.23 bits per heavy atom. The first-order chi connectivity index (χ1) is 14.5. The van der Waals surface area contributed by atoms with Gasteiger partial charge in [-0.3, -0.25) is 9.10 Å². The SMILES string of the molecule is CC(C)COC(=O)CCC[C@@H](C)N(c1cc(Cl)ccc1Cl)S(=O)(=O)c1ccc(Cl)cc1. The highest BCUT2D eigenvalue weighted by atomic mass is 35.5. The molecule has 2 rings (SSSR count). The quantitative estimate of drug-likeness (QED) is 0.341. The fourth-order valence-corrected chi connectivity index (χ4v) is 5.22. The van der Waals surface area contributed by atoms with Gasteiger partial charge in [0, 0.05) is 22.5 Å². The largest absolute Gasteiger partial charge is 0.465 e. The van der Waals surface area contributed by atoms with Crippen LogP contribution < -0.4 is 4.31 Å². The molecule has 2 aromatic rings. The highest BCUT2D eigenvalue weighted by molar-refractivity contribution is 7.92. The van der Waals surface area contributed by atoms with E-state index < -0.39 is 16.1 Å². The van der Waals surface area contributed by atoms with Gasteiger partial charge in [0.1, 0.15) is 0 Å². The zero-order chi connectivity index (χ0) is 23.2. The molecule has 0 saturated carbocycles. The minimum atomic E-state index is -3.97. The maximum Gasteiger partial charge on any atom is 0.305 e. The second-order valence-corrected chi connectivity index (χ2v) is 10.8. The Labute approximate surface area is 199 Å². The molecule has 0 heterocycles. The summed E-state index contributed by atoms with van der Waals surface area (Å²) in [6.45, 7) is 6.06. The third-order valence-corrected chi connectivity index (χ3v) is 7.25. The molecule has 0 bridgehead atoms. The maximum atomic E-state index is 13.5. The van der Waals surface area contributed by atoms with Crippen molar-refractivity contribution in [2.24, 2.45) is 5.92 Å². The normalized spacial score (nSPS) is 12.6. The fraction of sp³-hybridized carbons (Fsp3) is 0.409.